The topological polar surface area (TPSA) is 67.9 Å². The zero-order chi connectivity index (χ0) is 21.1. The van der Waals surface area contributed by atoms with E-state index in [1.165, 1.54) is 12.1 Å². The zero-order valence-electron chi connectivity index (χ0n) is 16.7. The number of halogens is 1. The summed E-state index contributed by atoms with van der Waals surface area (Å²) in [4.78, 5) is 27.0. The third kappa shape index (κ3) is 4.01. The molecule has 30 heavy (non-hydrogen) atoms. The van der Waals surface area contributed by atoms with E-state index in [1.807, 2.05) is 24.3 Å². The van der Waals surface area contributed by atoms with E-state index in [9.17, 15) is 14.0 Å². The van der Waals surface area contributed by atoms with Gasteiger partial charge >= 0.3 is 0 Å². The lowest BCUT2D eigenvalue weighted by molar-refractivity contribution is -0.128. The molecular weight excluding hydrogens is 387 g/mol. The van der Waals surface area contributed by atoms with Gasteiger partial charge in [-0.3, -0.25) is 9.59 Å². The van der Waals surface area contributed by atoms with E-state index >= 15 is 0 Å². The van der Waals surface area contributed by atoms with E-state index in [1.54, 1.807) is 24.1 Å². The number of hydrogen-bond donors (Lipinski definition) is 1. The first-order valence-corrected chi connectivity index (χ1v) is 9.92. The SMILES string of the molecule is COc1cccc2c1OCC(C(=O)N1CCC(NC(=O)c3ccccc3F)CC1)=C2. The molecule has 0 bridgehead atoms. The highest BCUT2D eigenvalue weighted by atomic mass is 19.1. The molecule has 1 saturated heterocycles. The highest BCUT2D eigenvalue weighted by molar-refractivity contribution is 5.99. The number of carbonyl (C=O) groups excluding carboxylic acids is 2. The fourth-order valence-corrected chi connectivity index (χ4v) is 3.80. The monoisotopic (exact) mass is 410 g/mol. The molecule has 0 unspecified atom stereocenters. The summed E-state index contributed by atoms with van der Waals surface area (Å²) in [6.45, 7) is 1.23. The van der Waals surface area contributed by atoms with Crippen LogP contribution in [0.2, 0.25) is 0 Å². The minimum atomic E-state index is -0.538. The van der Waals surface area contributed by atoms with Gasteiger partial charge in [0.15, 0.2) is 11.5 Å². The van der Waals surface area contributed by atoms with Crippen LogP contribution in [-0.2, 0) is 4.79 Å². The molecule has 6 nitrogen and oxygen atoms in total. The number of hydrogen-bond acceptors (Lipinski definition) is 4. The minimum Gasteiger partial charge on any atom is -0.493 e. The van der Waals surface area contributed by atoms with Gasteiger partial charge in [-0.05, 0) is 37.1 Å². The zero-order valence-corrected chi connectivity index (χ0v) is 16.7. The molecule has 0 saturated carbocycles. The normalized spacial score (nSPS) is 16.2. The Labute approximate surface area is 174 Å². The molecule has 0 aromatic heterocycles. The van der Waals surface area contributed by atoms with Crippen LogP contribution in [0.1, 0.15) is 28.8 Å². The number of likely N-dealkylation sites (tertiary alicyclic amines) is 1. The molecule has 2 aromatic carbocycles. The predicted octanol–water partition coefficient (Wildman–Crippen LogP) is 3.03. The van der Waals surface area contributed by atoms with Crippen LogP contribution in [0.3, 0.4) is 0 Å². The van der Waals surface area contributed by atoms with Crippen molar-refractivity contribution in [2.75, 3.05) is 26.8 Å². The van der Waals surface area contributed by atoms with Crippen LogP contribution >= 0.6 is 0 Å². The lowest BCUT2D eigenvalue weighted by atomic mass is 10.0. The van der Waals surface area contributed by atoms with Crippen LogP contribution in [0.5, 0.6) is 11.5 Å². The molecule has 156 valence electrons. The largest absolute Gasteiger partial charge is 0.493 e. The highest BCUT2D eigenvalue weighted by Crippen LogP contribution is 2.35. The quantitative estimate of drug-likeness (QED) is 0.841. The lowest BCUT2D eigenvalue weighted by Crippen LogP contribution is -2.47. The van der Waals surface area contributed by atoms with Gasteiger partial charge in [-0.1, -0.05) is 24.3 Å². The number of amides is 2. The number of nitrogens with one attached hydrogen (secondary N) is 1. The fourth-order valence-electron chi connectivity index (χ4n) is 3.80. The molecule has 2 heterocycles. The average Bonchev–Trinajstić information content (AvgIpc) is 2.78. The summed E-state index contributed by atoms with van der Waals surface area (Å²) in [6.07, 6.45) is 3.07. The van der Waals surface area contributed by atoms with Crippen molar-refractivity contribution in [3.05, 3.63) is 65.0 Å². The van der Waals surface area contributed by atoms with Crippen molar-refractivity contribution >= 4 is 17.9 Å². The molecule has 0 aliphatic carbocycles. The van der Waals surface area contributed by atoms with Crippen molar-refractivity contribution in [2.24, 2.45) is 0 Å². The van der Waals surface area contributed by atoms with Crippen molar-refractivity contribution in [3.8, 4) is 11.5 Å². The summed E-state index contributed by atoms with van der Waals surface area (Å²) in [6, 6.07) is 11.4. The number of fused-ring (bicyclic) bond motifs is 1. The van der Waals surface area contributed by atoms with Crippen molar-refractivity contribution < 1.29 is 23.5 Å². The standard InChI is InChI=1S/C23H23FN2O4/c1-29-20-8-4-5-15-13-16(14-30-21(15)20)23(28)26-11-9-17(10-12-26)25-22(27)18-6-2-3-7-19(18)24/h2-8,13,17H,9-12,14H2,1H3,(H,25,27). The summed E-state index contributed by atoms with van der Waals surface area (Å²) < 4.78 is 24.9. The van der Waals surface area contributed by atoms with Crippen LogP contribution in [0.25, 0.3) is 6.08 Å². The van der Waals surface area contributed by atoms with Gasteiger partial charge < -0.3 is 19.7 Å². The Balaban J connectivity index is 1.36. The van der Waals surface area contributed by atoms with Gasteiger partial charge in [0.25, 0.3) is 11.8 Å². The molecular formula is C23H23FN2O4. The third-order valence-electron chi connectivity index (χ3n) is 5.44. The molecule has 1 N–H and O–H groups in total. The summed E-state index contributed by atoms with van der Waals surface area (Å²) >= 11 is 0. The summed E-state index contributed by atoms with van der Waals surface area (Å²) in [7, 11) is 1.58. The second-order valence-electron chi connectivity index (χ2n) is 7.36. The highest BCUT2D eigenvalue weighted by Gasteiger charge is 2.28. The van der Waals surface area contributed by atoms with E-state index in [-0.39, 0.29) is 24.1 Å². The second-order valence-corrected chi connectivity index (χ2v) is 7.36. The van der Waals surface area contributed by atoms with Crippen molar-refractivity contribution in [1.82, 2.24) is 10.2 Å². The molecule has 4 rings (SSSR count). The first kappa shape index (κ1) is 19.9. The van der Waals surface area contributed by atoms with Crippen LogP contribution < -0.4 is 14.8 Å². The Hall–Kier alpha value is -3.35. The Bertz CT molecular complexity index is 996. The second kappa shape index (κ2) is 8.57. The van der Waals surface area contributed by atoms with Gasteiger partial charge in [0, 0.05) is 24.7 Å². The van der Waals surface area contributed by atoms with Crippen LogP contribution in [-0.4, -0.2) is 49.6 Å². The van der Waals surface area contributed by atoms with Gasteiger partial charge in [0.05, 0.1) is 18.2 Å². The number of piperidine rings is 1. The van der Waals surface area contributed by atoms with Crippen molar-refractivity contribution in [2.45, 2.75) is 18.9 Å². The fraction of sp³-hybridized carbons (Fsp3) is 0.304. The van der Waals surface area contributed by atoms with Gasteiger partial charge in [-0.25, -0.2) is 4.39 Å². The molecule has 1 fully saturated rings. The number of ether oxygens (including phenoxy) is 2. The van der Waals surface area contributed by atoms with E-state index in [0.717, 1.165) is 5.56 Å². The van der Waals surface area contributed by atoms with Gasteiger partial charge in [-0.2, -0.15) is 0 Å². The first-order valence-electron chi connectivity index (χ1n) is 9.92. The lowest BCUT2D eigenvalue weighted by Gasteiger charge is -2.33. The minimum absolute atomic E-state index is 0.0367. The Morgan fingerprint density at radius 2 is 1.90 bits per heavy atom. The molecule has 2 aromatic rings. The molecule has 0 spiro atoms. The number of carbonyl (C=O) groups is 2. The molecule has 7 heteroatoms. The maximum absolute atomic E-state index is 13.8. The Kier molecular flexibility index (Phi) is 5.70. The maximum Gasteiger partial charge on any atom is 0.254 e. The summed E-state index contributed by atoms with van der Waals surface area (Å²) in [5.41, 5.74) is 1.44. The first-order chi connectivity index (χ1) is 14.6. The van der Waals surface area contributed by atoms with Crippen LogP contribution in [0.4, 0.5) is 4.39 Å². The number of rotatable bonds is 4. The molecule has 2 aliphatic heterocycles. The average molecular weight is 410 g/mol. The number of para-hydroxylation sites is 1. The van der Waals surface area contributed by atoms with E-state index in [4.69, 9.17) is 9.47 Å². The van der Waals surface area contributed by atoms with Crippen LogP contribution in [0.15, 0.2) is 48.0 Å². The van der Waals surface area contributed by atoms with Gasteiger partial charge in [-0.15, -0.1) is 0 Å². The maximum atomic E-state index is 13.8. The van der Waals surface area contributed by atoms with Crippen molar-refractivity contribution in [1.29, 1.82) is 0 Å². The Morgan fingerprint density at radius 3 is 2.63 bits per heavy atom. The Morgan fingerprint density at radius 1 is 1.13 bits per heavy atom. The van der Waals surface area contributed by atoms with E-state index in [2.05, 4.69) is 5.32 Å². The number of methoxy groups -OCH3 is 1. The van der Waals surface area contributed by atoms with Crippen LogP contribution in [0, 0.1) is 5.82 Å². The van der Waals surface area contributed by atoms with Gasteiger partial charge in [0.2, 0.25) is 0 Å². The molecule has 2 amide bonds. The smallest absolute Gasteiger partial charge is 0.254 e. The summed E-state index contributed by atoms with van der Waals surface area (Å²) in [5.74, 6) is 0.255. The van der Waals surface area contributed by atoms with E-state index < -0.39 is 11.7 Å². The molecule has 2 aliphatic rings. The van der Waals surface area contributed by atoms with Crippen molar-refractivity contribution in [3.63, 3.8) is 0 Å². The third-order valence-corrected chi connectivity index (χ3v) is 5.44. The molecule has 0 atom stereocenters. The summed E-state index contributed by atoms with van der Waals surface area (Å²) in [5, 5.41) is 2.87. The number of benzene rings is 2. The predicted molar refractivity (Wildman–Crippen MR) is 110 cm³/mol. The van der Waals surface area contributed by atoms with E-state index in [0.29, 0.717) is 43.0 Å². The molecule has 0 radical (unpaired) electrons. The van der Waals surface area contributed by atoms with Gasteiger partial charge in [0.1, 0.15) is 12.4 Å². The number of nitrogens with zero attached hydrogens (tertiary/aromatic N) is 1.